The second kappa shape index (κ2) is 30.7. The number of anilines is 12. The van der Waals surface area contributed by atoms with E-state index in [0.717, 1.165) is 156 Å². The second-order valence-corrected chi connectivity index (χ2v) is 31.9. The predicted octanol–water partition coefficient (Wildman–Crippen LogP) is 29.9. The van der Waals surface area contributed by atoms with E-state index in [1.54, 1.807) is 0 Å². The van der Waals surface area contributed by atoms with Gasteiger partial charge in [0.25, 0.3) is 0 Å². The van der Waals surface area contributed by atoms with E-state index in [4.69, 9.17) is 19.0 Å². The molecule has 1 aliphatic heterocycles. The highest BCUT2D eigenvalue weighted by Gasteiger charge is 2.50. The zero-order valence-electron chi connectivity index (χ0n) is 65.6. The minimum atomic E-state index is -0.658. The smallest absolute Gasteiger partial charge is 0.248 e. The van der Waals surface area contributed by atoms with E-state index in [1.165, 1.54) is 21.9 Å². The summed E-state index contributed by atoms with van der Waals surface area (Å²) < 4.78 is 12.7. The van der Waals surface area contributed by atoms with E-state index in [2.05, 4.69) is 406 Å². The first kappa shape index (κ1) is 71.8. The van der Waals surface area contributed by atoms with Crippen molar-refractivity contribution < 1.29 is 8.83 Å². The first-order chi connectivity index (χ1) is 59.9. The molecule has 3 heterocycles. The van der Waals surface area contributed by atoms with Gasteiger partial charge in [-0.1, -0.05) is 249 Å². The molecule has 121 heavy (non-hydrogen) atoms. The van der Waals surface area contributed by atoms with Gasteiger partial charge in [-0.2, -0.15) is 0 Å². The maximum absolute atomic E-state index is 6.82. The van der Waals surface area contributed by atoms with Crippen LogP contribution in [0.15, 0.2) is 451 Å². The third-order valence-electron chi connectivity index (χ3n) is 23.4. The van der Waals surface area contributed by atoms with E-state index in [-0.39, 0.29) is 0 Å². The van der Waals surface area contributed by atoms with E-state index in [1.807, 2.05) is 72.4 Å². The molecule has 10 nitrogen and oxygen atoms in total. The SMILES string of the molecule is c1ccc(-c2nnc(-c3cc4c5c(c(-c6nnc(-c7ccccc7)o6)ccc5c3)[C@]3(Cc5ccc(-c6ccc(N(c7ccccc7)c7ccc(-c8ccc(N(c9ccccc9)c9ccccc9)cc8)cc7)cc6)c6c(-c7ccc(N(c8ccccc8)c8ccc(-c9ccc(N(c%10ccccc%10)c%10ccccc%10)cc9)cc8)cc7)ccc3c56)S4)o2)cc1. The third kappa shape index (κ3) is 13.2. The molecule has 1 atom stereocenters. The van der Waals surface area contributed by atoms with Gasteiger partial charge < -0.3 is 28.4 Å². The summed E-state index contributed by atoms with van der Waals surface area (Å²) in [7, 11) is 0. The molecule has 22 rings (SSSR count). The molecule has 0 radical (unpaired) electrons. The van der Waals surface area contributed by atoms with Gasteiger partial charge in [-0.05, 0) is 272 Å². The van der Waals surface area contributed by atoms with Crippen molar-refractivity contribution in [3.8, 4) is 90.3 Å². The minimum absolute atomic E-state index is 0.451. The predicted molar refractivity (Wildman–Crippen MR) is 496 cm³/mol. The highest BCUT2D eigenvalue weighted by Crippen LogP contribution is 2.66. The van der Waals surface area contributed by atoms with E-state index in [0.29, 0.717) is 30.0 Å². The van der Waals surface area contributed by atoms with Crippen molar-refractivity contribution in [2.45, 2.75) is 16.1 Å². The fourth-order valence-electron chi connectivity index (χ4n) is 17.8. The Kier molecular flexibility index (Phi) is 18.2. The van der Waals surface area contributed by atoms with Crippen molar-refractivity contribution in [1.29, 1.82) is 0 Å². The number of aromatic nitrogens is 4. The lowest BCUT2D eigenvalue weighted by atomic mass is 9.83. The standard InChI is InChI=1S/C110H74N8O2S/c1-9-25-80(26-10-1)106-111-113-108(119-106)84-71-82-53-68-99(109-114-112-107(120-109)81-27-11-2-12-28-81)105-103(82)101(72-84)121-110(105)73-83-54-67-97(78-49-63-95(64-50-78)117(89-37-21-7-22-38-89)93-59-45-76(46-60-93)74-41-55-91(56-42-74)115(85-29-13-3-14-30-85)86-31-15-4-16-32-86)104-98(69-70-100(110)102(83)104)79-51-65-96(66-52-79)118(90-39-23-8-24-40-90)94-61-47-77(48-62-94)75-43-57-92(58-44-75)116(87-33-17-5-18-34-87)88-35-19-6-20-36-88/h1-72H,73H2/t110-/m1/s1. The molecular formula is C110H74N8O2S. The Morgan fingerprint density at radius 2 is 0.512 bits per heavy atom. The molecule has 0 saturated heterocycles. The second-order valence-electron chi connectivity index (χ2n) is 30.5. The summed E-state index contributed by atoms with van der Waals surface area (Å²) in [6.07, 6.45) is 0.689. The molecule has 11 heteroatoms. The summed E-state index contributed by atoms with van der Waals surface area (Å²) in [6.45, 7) is 0. The van der Waals surface area contributed by atoms with Crippen molar-refractivity contribution in [2.75, 3.05) is 19.6 Å². The Morgan fingerprint density at radius 1 is 0.223 bits per heavy atom. The maximum atomic E-state index is 6.82. The largest absolute Gasteiger partial charge is 0.416 e. The number of fused-ring (bicyclic) bond motifs is 2. The number of thioether (sulfide) groups is 1. The number of hydrogen-bond donors (Lipinski definition) is 0. The van der Waals surface area contributed by atoms with Crippen LogP contribution in [0.1, 0.15) is 16.7 Å². The zero-order valence-corrected chi connectivity index (χ0v) is 66.4. The first-order valence-corrected chi connectivity index (χ1v) is 41.6. The van der Waals surface area contributed by atoms with Gasteiger partial charge in [-0.3, -0.25) is 0 Å². The third-order valence-corrected chi connectivity index (χ3v) is 24.8. The summed E-state index contributed by atoms with van der Waals surface area (Å²) in [5.41, 5.74) is 28.8. The first-order valence-electron chi connectivity index (χ1n) is 40.8. The van der Waals surface area contributed by atoms with Crippen molar-refractivity contribution in [2.24, 2.45) is 0 Å². The number of rotatable bonds is 20. The zero-order chi connectivity index (χ0) is 80.2. The van der Waals surface area contributed by atoms with Gasteiger partial charge in [-0.15, -0.1) is 32.2 Å². The van der Waals surface area contributed by atoms with Gasteiger partial charge in [0.15, 0.2) is 0 Å². The molecule has 0 saturated carbocycles. The Bertz CT molecular complexity index is 6790. The monoisotopic (exact) mass is 1570 g/mol. The molecule has 2 aliphatic rings. The van der Waals surface area contributed by atoms with Gasteiger partial charge >= 0.3 is 0 Å². The molecule has 20 aromatic rings. The van der Waals surface area contributed by atoms with Crippen molar-refractivity contribution in [1.82, 2.24) is 20.4 Å². The Balaban J connectivity index is 0.653. The topological polar surface area (TPSA) is 90.8 Å². The van der Waals surface area contributed by atoms with Crippen LogP contribution in [0.3, 0.4) is 0 Å². The average Bonchev–Trinajstić information content (AvgIpc) is 1.51. The Labute approximate surface area is 705 Å². The van der Waals surface area contributed by atoms with E-state index in [9.17, 15) is 0 Å². The summed E-state index contributed by atoms with van der Waals surface area (Å²) in [4.78, 5) is 10.4. The van der Waals surface area contributed by atoms with Crippen LogP contribution in [0, 0.1) is 0 Å². The number of nitrogens with zero attached hydrogens (tertiary/aromatic N) is 8. The molecule has 0 bridgehead atoms. The highest BCUT2D eigenvalue weighted by atomic mass is 32.2. The molecule has 18 aromatic carbocycles. The Morgan fingerprint density at radius 3 is 0.868 bits per heavy atom. The van der Waals surface area contributed by atoms with Crippen LogP contribution >= 0.6 is 11.8 Å². The number of hydrogen-bond acceptors (Lipinski definition) is 11. The van der Waals surface area contributed by atoms with Gasteiger partial charge in [-0.25, -0.2) is 0 Å². The van der Waals surface area contributed by atoms with Crippen LogP contribution in [-0.4, -0.2) is 20.4 Å². The molecule has 572 valence electrons. The van der Waals surface area contributed by atoms with Gasteiger partial charge in [0.05, 0.1) is 4.75 Å². The fourth-order valence-corrected chi connectivity index (χ4v) is 19.5. The van der Waals surface area contributed by atoms with Crippen LogP contribution in [0.2, 0.25) is 0 Å². The quantitative estimate of drug-likeness (QED) is 0.0731. The van der Waals surface area contributed by atoms with Gasteiger partial charge in [0.2, 0.25) is 23.6 Å². The van der Waals surface area contributed by atoms with Gasteiger partial charge in [0, 0.05) is 101 Å². The van der Waals surface area contributed by atoms with Crippen LogP contribution < -0.4 is 19.6 Å². The minimum Gasteiger partial charge on any atom is -0.416 e. The molecule has 0 fully saturated rings. The van der Waals surface area contributed by atoms with Gasteiger partial charge in [0.1, 0.15) is 0 Å². The lowest BCUT2D eigenvalue weighted by Crippen LogP contribution is -2.21. The number of para-hydroxylation sites is 6. The summed E-state index contributed by atoms with van der Waals surface area (Å²) >= 11 is 1.89. The van der Waals surface area contributed by atoms with E-state index < -0.39 is 4.75 Å². The molecule has 2 aromatic heterocycles. The average molecular weight is 1570 g/mol. The van der Waals surface area contributed by atoms with Crippen LogP contribution in [0.25, 0.3) is 112 Å². The van der Waals surface area contributed by atoms with Crippen LogP contribution in [-0.2, 0) is 11.2 Å². The van der Waals surface area contributed by atoms with Crippen molar-refractivity contribution in [3.05, 3.63) is 453 Å². The lowest BCUT2D eigenvalue weighted by Gasteiger charge is -2.28. The summed E-state index contributed by atoms with van der Waals surface area (Å²) in [5, 5.41) is 23.4. The molecule has 1 spiro atoms. The molecule has 0 N–H and O–H groups in total. The molecule has 0 unspecified atom stereocenters. The molecular weight excluding hydrogens is 1500 g/mol. The number of benzene rings is 18. The van der Waals surface area contributed by atoms with Crippen molar-refractivity contribution in [3.63, 3.8) is 0 Å². The highest BCUT2D eigenvalue weighted by molar-refractivity contribution is 8.01. The van der Waals surface area contributed by atoms with E-state index >= 15 is 0 Å². The fraction of sp³-hybridized carbons (Fsp3) is 0.0182. The Hall–Kier alpha value is -15.7. The summed E-state index contributed by atoms with van der Waals surface area (Å²) in [6, 6.07) is 156. The van der Waals surface area contributed by atoms with Crippen LogP contribution in [0.5, 0.6) is 0 Å². The normalized spacial score (nSPS) is 13.1. The lowest BCUT2D eigenvalue weighted by molar-refractivity contribution is 0.582. The molecule has 0 amide bonds. The maximum Gasteiger partial charge on any atom is 0.248 e. The summed E-state index contributed by atoms with van der Waals surface area (Å²) in [5.74, 6) is 1.84. The van der Waals surface area contributed by atoms with Crippen LogP contribution in [0.4, 0.5) is 68.2 Å². The molecule has 1 aliphatic carbocycles. The van der Waals surface area contributed by atoms with Crippen molar-refractivity contribution >= 4 is 102 Å².